The van der Waals surface area contributed by atoms with E-state index in [4.69, 9.17) is 16.6 Å². The Morgan fingerprint density at radius 1 is 1.23 bits per heavy atom. The largest absolute Gasteiger partial charge is 0.389 e. The van der Waals surface area contributed by atoms with Crippen molar-refractivity contribution >= 4 is 39.9 Å². The quantitative estimate of drug-likeness (QED) is 0.390. The zero-order valence-electron chi connectivity index (χ0n) is 19.6. The van der Waals surface area contributed by atoms with Crippen LogP contribution < -0.4 is 5.32 Å². The summed E-state index contributed by atoms with van der Waals surface area (Å²) in [5.41, 5.74) is 3.24. The third-order valence-electron chi connectivity index (χ3n) is 6.31. The van der Waals surface area contributed by atoms with Crippen molar-refractivity contribution < 1.29 is 9.90 Å². The molecule has 4 aromatic heterocycles. The molecule has 0 spiro atoms. The third-order valence-corrected chi connectivity index (χ3v) is 7.42. The van der Waals surface area contributed by atoms with E-state index in [1.807, 2.05) is 24.3 Å². The van der Waals surface area contributed by atoms with Gasteiger partial charge in [-0.15, -0.1) is 0 Å². The van der Waals surface area contributed by atoms with Gasteiger partial charge in [0.1, 0.15) is 15.7 Å². The highest BCUT2D eigenvalue weighted by Gasteiger charge is 2.36. The molecule has 0 unspecified atom stereocenters. The summed E-state index contributed by atoms with van der Waals surface area (Å²) in [6.07, 6.45) is 7.32. The number of aliphatic hydroxyl groups excluding tert-OH is 1. The summed E-state index contributed by atoms with van der Waals surface area (Å²) in [5, 5.41) is 14.7. The molecule has 0 radical (unpaired) electrons. The van der Waals surface area contributed by atoms with Crippen LogP contribution in [0.25, 0.3) is 22.4 Å². The number of imidazole rings is 1. The standard InChI is InChI=1S/C25H27ClN6O2S/c1-14(2)10-22-30-18-12-28-17(15-6-3-4-9-27-15)11-20(18)32(22)19-8-5-7-16(23(19)33)31-24(34)25-29-13-21(26)35-25/h3-4,6,9,11-14,16,19,23,33H,5,7-8,10H2,1-2H3,(H,31,34)/t16-,19+,23+/m0/s1. The summed E-state index contributed by atoms with van der Waals surface area (Å²) in [4.78, 5) is 30.7. The van der Waals surface area contributed by atoms with Gasteiger partial charge in [-0.1, -0.05) is 42.9 Å². The zero-order valence-corrected chi connectivity index (χ0v) is 21.1. The summed E-state index contributed by atoms with van der Waals surface area (Å²) < 4.78 is 2.62. The van der Waals surface area contributed by atoms with Crippen LogP contribution in [0.3, 0.4) is 0 Å². The molecule has 3 atom stereocenters. The third kappa shape index (κ3) is 4.94. The molecule has 4 aromatic rings. The van der Waals surface area contributed by atoms with E-state index in [2.05, 4.69) is 38.7 Å². The lowest BCUT2D eigenvalue weighted by atomic mass is 9.87. The van der Waals surface area contributed by atoms with Crippen molar-refractivity contribution in [3.63, 3.8) is 0 Å². The molecule has 1 saturated carbocycles. The number of carbonyl (C=O) groups excluding carboxylic acids is 1. The van der Waals surface area contributed by atoms with E-state index < -0.39 is 12.1 Å². The summed E-state index contributed by atoms with van der Waals surface area (Å²) in [6.45, 7) is 4.31. The number of rotatable bonds is 6. The number of fused-ring (bicyclic) bond motifs is 1. The van der Waals surface area contributed by atoms with E-state index >= 15 is 0 Å². The van der Waals surface area contributed by atoms with Gasteiger partial charge in [0.2, 0.25) is 0 Å². The highest BCUT2D eigenvalue weighted by Crippen LogP contribution is 2.35. The Morgan fingerprint density at radius 2 is 2.09 bits per heavy atom. The SMILES string of the molecule is CC(C)Cc1nc2cnc(-c3ccccn3)cc2n1[C@@H]1CCC[C@H](NC(=O)c2ncc(Cl)s2)[C@H]1O. The number of amides is 1. The molecule has 0 aliphatic heterocycles. The molecule has 2 N–H and O–H groups in total. The summed E-state index contributed by atoms with van der Waals surface area (Å²) >= 11 is 7.07. The molecule has 182 valence electrons. The van der Waals surface area contributed by atoms with Gasteiger partial charge in [0, 0.05) is 12.6 Å². The van der Waals surface area contributed by atoms with Gasteiger partial charge in [-0.05, 0) is 43.4 Å². The molecule has 1 fully saturated rings. The number of hydrogen-bond acceptors (Lipinski definition) is 7. The number of hydrogen-bond donors (Lipinski definition) is 2. The zero-order chi connectivity index (χ0) is 24.5. The fourth-order valence-corrected chi connectivity index (χ4v) is 5.58. The van der Waals surface area contributed by atoms with E-state index in [1.54, 1.807) is 12.4 Å². The Morgan fingerprint density at radius 3 is 2.80 bits per heavy atom. The van der Waals surface area contributed by atoms with Crippen LogP contribution in [0.1, 0.15) is 54.8 Å². The van der Waals surface area contributed by atoms with Crippen molar-refractivity contribution in [2.45, 2.75) is 57.7 Å². The van der Waals surface area contributed by atoms with E-state index in [9.17, 15) is 9.90 Å². The monoisotopic (exact) mass is 510 g/mol. The summed E-state index contributed by atoms with van der Waals surface area (Å²) in [6, 6.07) is 7.11. The van der Waals surface area contributed by atoms with Crippen molar-refractivity contribution in [2.24, 2.45) is 5.92 Å². The van der Waals surface area contributed by atoms with Crippen molar-refractivity contribution in [3.05, 3.63) is 58.0 Å². The van der Waals surface area contributed by atoms with E-state index in [0.717, 1.165) is 58.8 Å². The lowest BCUT2D eigenvalue weighted by Gasteiger charge is -2.37. The minimum absolute atomic E-state index is 0.230. The number of halogens is 1. The van der Waals surface area contributed by atoms with Crippen LogP contribution in [-0.4, -0.2) is 47.7 Å². The van der Waals surface area contributed by atoms with Crippen LogP contribution >= 0.6 is 22.9 Å². The Labute approximate surface area is 212 Å². The first kappa shape index (κ1) is 23.8. The molecule has 4 heterocycles. The van der Waals surface area contributed by atoms with Gasteiger partial charge in [-0.2, -0.15) is 0 Å². The maximum atomic E-state index is 12.7. The fourth-order valence-electron chi connectivity index (χ4n) is 4.77. The first-order chi connectivity index (χ1) is 16.9. The lowest BCUT2D eigenvalue weighted by Crippen LogP contribution is -2.49. The number of thiazole rings is 1. The molecule has 0 aromatic carbocycles. The first-order valence-corrected chi connectivity index (χ1v) is 13.0. The summed E-state index contributed by atoms with van der Waals surface area (Å²) in [7, 11) is 0. The van der Waals surface area contributed by atoms with Gasteiger partial charge in [0.25, 0.3) is 5.91 Å². The predicted molar refractivity (Wildman–Crippen MR) is 137 cm³/mol. The fraction of sp³-hybridized carbons (Fsp3) is 0.400. The highest BCUT2D eigenvalue weighted by atomic mass is 35.5. The van der Waals surface area contributed by atoms with Gasteiger partial charge in [-0.25, -0.2) is 9.97 Å². The highest BCUT2D eigenvalue weighted by molar-refractivity contribution is 7.17. The van der Waals surface area contributed by atoms with Crippen LogP contribution in [-0.2, 0) is 6.42 Å². The van der Waals surface area contributed by atoms with Gasteiger partial charge < -0.3 is 15.0 Å². The number of nitrogens with one attached hydrogen (secondary N) is 1. The van der Waals surface area contributed by atoms with E-state index in [1.165, 1.54) is 6.20 Å². The molecule has 1 aliphatic carbocycles. The first-order valence-electron chi connectivity index (χ1n) is 11.8. The average Bonchev–Trinajstić information content (AvgIpc) is 3.43. The minimum atomic E-state index is -0.780. The average molecular weight is 511 g/mol. The van der Waals surface area contributed by atoms with Crippen molar-refractivity contribution in [3.8, 4) is 11.4 Å². The molecule has 1 amide bonds. The number of carbonyl (C=O) groups is 1. The number of nitrogens with zero attached hydrogens (tertiary/aromatic N) is 5. The molecule has 35 heavy (non-hydrogen) atoms. The number of aromatic nitrogens is 5. The Balaban J connectivity index is 1.51. The predicted octanol–water partition coefficient (Wildman–Crippen LogP) is 4.69. The van der Waals surface area contributed by atoms with Gasteiger partial charge in [0.15, 0.2) is 5.01 Å². The molecular formula is C25H27ClN6O2S. The lowest BCUT2D eigenvalue weighted by molar-refractivity contribution is 0.0402. The van der Waals surface area contributed by atoms with E-state index in [-0.39, 0.29) is 11.9 Å². The van der Waals surface area contributed by atoms with Crippen LogP contribution in [0, 0.1) is 5.92 Å². The van der Waals surface area contributed by atoms with Crippen molar-refractivity contribution in [1.82, 2.24) is 29.8 Å². The second kappa shape index (κ2) is 10.0. The van der Waals surface area contributed by atoms with Gasteiger partial charge in [0.05, 0.1) is 47.5 Å². The Hall–Kier alpha value is -2.88. The van der Waals surface area contributed by atoms with Crippen LogP contribution in [0.15, 0.2) is 42.9 Å². The van der Waals surface area contributed by atoms with Gasteiger partial charge in [-0.3, -0.25) is 14.8 Å². The van der Waals surface area contributed by atoms with Gasteiger partial charge >= 0.3 is 0 Å². The topological polar surface area (TPSA) is 106 Å². The molecule has 0 saturated heterocycles. The molecule has 5 rings (SSSR count). The van der Waals surface area contributed by atoms with Crippen LogP contribution in [0.5, 0.6) is 0 Å². The molecule has 1 aliphatic rings. The normalized spacial score (nSPS) is 20.4. The molecule has 0 bridgehead atoms. The summed E-state index contributed by atoms with van der Waals surface area (Å²) in [5.74, 6) is 0.989. The second-order valence-electron chi connectivity index (χ2n) is 9.31. The van der Waals surface area contributed by atoms with Crippen molar-refractivity contribution in [2.75, 3.05) is 0 Å². The van der Waals surface area contributed by atoms with E-state index in [0.29, 0.717) is 21.7 Å². The van der Waals surface area contributed by atoms with Crippen LogP contribution in [0.4, 0.5) is 0 Å². The minimum Gasteiger partial charge on any atom is -0.389 e. The Kier molecular flexibility index (Phi) is 6.82. The maximum absolute atomic E-state index is 12.7. The number of pyridine rings is 2. The number of aliphatic hydroxyl groups is 1. The molecular weight excluding hydrogens is 484 g/mol. The maximum Gasteiger partial charge on any atom is 0.280 e. The Bertz CT molecular complexity index is 1340. The van der Waals surface area contributed by atoms with Crippen molar-refractivity contribution in [1.29, 1.82) is 0 Å². The second-order valence-corrected chi connectivity index (χ2v) is 11.0. The molecule has 8 nitrogen and oxygen atoms in total. The smallest absolute Gasteiger partial charge is 0.280 e. The van der Waals surface area contributed by atoms with Crippen LogP contribution in [0.2, 0.25) is 4.34 Å². The molecule has 10 heteroatoms.